The number of benzene rings is 2. The molecular formula is C33H43FN2O2. The SMILES string of the molecule is C=C1NC=CC=C1/C(C)=C(\c1cccc(F)c1)c1cc(C(=O)NCCCC)ccc1C.CCCOCCC. The molecule has 2 aromatic carbocycles. The molecule has 1 heterocycles. The molecule has 204 valence electrons. The van der Waals surface area contributed by atoms with Crippen molar-refractivity contribution >= 4 is 11.5 Å². The predicted molar refractivity (Wildman–Crippen MR) is 157 cm³/mol. The zero-order chi connectivity index (χ0) is 27.9. The Morgan fingerprint density at radius 3 is 2.39 bits per heavy atom. The summed E-state index contributed by atoms with van der Waals surface area (Å²) in [5, 5.41) is 6.11. The van der Waals surface area contributed by atoms with E-state index >= 15 is 0 Å². The number of carbonyl (C=O) groups is 1. The van der Waals surface area contributed by atoms with Gasteiger partial charge in [0.1, 0.15) is 5.82 Å². The summed E-state index contributed by atoms with van der Waals surface area (Å²) in [7, 11) is 0. The molecule has 0 fully saturated rings. The first-order chi connectivity index (χ1) is 18.3. The number of amides is 1. The van der Waals surface area contributed by atoms with Gasteiger partial charge in [0.2, 0.25) is 0 Å². The number of halogens is 1. The van der Waals surface area contributed by atoms with Crippen molar-refractivity contribution in [1.82, 2.24) is 10.6 Å². The van der Waals surface area contributed by atoms with Gasteiger partial charge in [-0.1, -0.05) is 58.0 Å². The van der Waals surface area contributed by atoms with Crippen LogP contribution in [-0.4, -0.2) is 25.7 Å². The van der Waals surface area contributed by atoms with Gasteiger partial charge in [-0.25, -0.2) is 4.39 Å². The molecule has 3 rings (SSSR count). The summed E-state index contributed by atoms with van der Waals surface area (Å²) in [4.78, 5) is 12.7. The van der Waals surface area contributed by atoms with Crippen LogP contribution in [-0.2, 0) is 4.74 Å². The van der Waals surface area contributed by atoms with Crippen molar-refractivity contribution in [2.45, 2.75) is 60.3 Å². The fourth-order valence-corrected chi connectivity index (χ4v) is 4.08. The minimum atomic E-state index is -0.302. The minimum Gasteiger partial charge on any atom is -0.381 e. The van der Waals surface area contributed by atoms with Crippen LogP contribution in [0.5, 0.6) is 0 Å². The second kappa shape index (κ2) is 16.4. The van der Waals surface area contributed by atoms with E-state index in [1.54, 1.807) is 6.07 Å². The smallest absolute Gasteiger partial charge is 0.251 e. The van der Waals surface area contributed by atoms with Gasteiger partial charge in [-0.05, 0) is 91.3 Å². The van der Waals surface area contributed by atoms with E-state index in [2.05, 4.69) is 38.0 Å². The summed E-state index contributed by atoms with van der Waals surface area (Å²) in [6.07, 6.45) is 9.97. The summed E-state index contributed by atoms with van der Waals surface area (Å²) in [5.74, 6) is -0.403. The fourth-order valence-electron chi connectivity index (χ4n) is 4.08. The highest BCUT2D eigenvalue weighted by Gasteiger charge is 2.18. The minimum absolute atomic E-state index is 0.100. The van der Waals surface area contributed by atoms with Gasteiger partial charge in [0.15, 0.2) is 0 Å². The van der Waals surface area contributed by atoms with Crippen LogP contribution in [0.15, 0.2) is 84.2 Å². The molecule has 5 heteroatoms. The third kappa shape index (κ3) is 9.14. The van der Waals surface area contributed by atoms with E-state index in [0.29, 0.717) is 12.1 Å². The van der Waals surface area contributed by atoms with Gasteiger partial charge in [0.05, 0.1) is 0 Å². The lowest BCUT2D eigenvalue weighted by Crippen LogP contribution is -2.24. The Bertz CT molecular complexity index is 1170. The number of carbonyl (C=O) groups excluding carboxylic acids is 1. The lowest BCUT2D eigenvalue weighted by Gasteiger charge is -2.21. The van der Waals surface area contributed by atoms with Crippen molar-refractivity contribution < 1.29 is 13.9 Å². The van der Waals surface area contributed by atoms with E-state index in [9.17, 15) is 9.18 Å². The highest BCUT2D eigenvalue weighted by molar-refractivity contribution is 5.96. The Morgan fingerprint density at radius 2 is 1.76 bits per heavy atom. The number of ether oxygens (including phenoxy) is 1. The average Bonchev–Trinajstić information content (AvgIpc) is 2.91. The summed E-state index contributed by atoms with van der Waals surface area (Å²) < 4.78 is 19.3. The summed E-state index contributed by atoms with van der Waals surface area (Å²) >= 11 is 0. The van der Waals surface area contributed by atoms with Crippen molar-refractivity contribution in [2.75, 3.05) is 19.8 Å². The molecule has 38 heavy (non-hydrogen) atoms. The number of unbranched alkanes of at least 4 members (excludes halogenated alkanes) is 1. The highest BCUT2D eigenvalue weighted by Crippen LogP contribution is 2.35. The van der Waals surface area contributed by atoms with Crippen molar-refractivity contribution in [1.29, 1.82) is 0 Å². The molecule has 0 atom stereocenters. The van der Waals surface area contributed by atoms with Crippen LogP contribution in [0, 0.1) is 12.7 Å². The Morgan fingerprint density at radius 1 is 1.03 bits per heavy atom. The molecule has 0 saturated heterocycles. The quantitative estimate of drug-likeness (QED) is 0.298. The monoisotopic (exact) mass is 518 g/mol. The summed E-state index contributed by atoms with van der Waals surface area (Å²) in [6, 6.07) is 12.2. The van der Waals surface area contributed by atoms with E-state index in [1.807, 2.05) is 56.5 Å². The molecule has 2 aromatic rings. The number of dihydropyridines is 1. The van der Waals surface area contributed by atoms with E-state index in [-0.39, 0.29) is 11.7 Å². The highest BCUT2D eigenvalue weighted by atomic mass is 19.1. The molecule has 0 bridgehead atoms. The molecule has 0 aliphatic carbocycles. The summed E-state index contributed by atoms with van der Waals surface area (Å²) in [6.45, 7) is 16.9. The van der Waals surface area contributed by atoms with E-state index in [4.69, 9.17) is 4.74 Å². The molecule has 0 spiro atoms. The van der Waals surface area contributed by atoms with Crippen molar-refractivity contribution in [3.8, 4) is 0 Å². The zero-order valence-electron chi connectivity index (χ0n) is 23.6. The number of rotatable bonds is 11. The van der Waals surface area contributed by atoms with E-state index in [0.717, 1.165) is 78.0 Å². The van der Waals surface area contributed by atoms with Crippen LogP contribution in [0.4, 0.5) is 4.39 Å². The van der Waals surface area contributed by atoms with Gasteiger partial charge in [0, 0.05) is 42.8 Å². The molecule has 2 N–H and O–H groups in total. The first kappa shape index (κ1) is 30.8. The number of hydrogen-bond donors (Lipinski definition) is 2. The Labute approximate surface area is 228 Å². The van der Waals surface area contributed by atoms with Crippen molar-refractivity contribution in [3.63, 3.8) is 0 Å². The van der Waals surface area contributed by atoms with Crippen LogP contribution in [0.25, 0.3) is 5.57 Å². The molecule has 1 amide bonds. The second-order valence-corrected chi connectivity index (χ2v) is 9.32. The molecule has 0 radical (unpaired) electrons. The summed E-state index contributed by atoms with van der Waals surface area (Å²) in [5.41, 5.74) is 6.81. The van der Waals surface area contributed by atoms with Crippen LogP contribution in [0.3, 0.4) is 0 Å². The maximum Gasteiger partial charge on any atom is 0.251 e. The van der Waals surface area contributed by atoms with E-state index < -0.39 is 0 Å². The Balaban J connectivity index is 0.000000638. The number of aryl methyl sites for hydroxylation is 1. The topological polar surface area (TPSA) is 50.4 Å². The third-order valence-electron chi connectivity index (χ3n) is 6.12. The third-order valence-corrected chi connectivity index (χ3v) is 6.12. The van der Waals surface area contributed by atoms with Gasteiger partial charge in [-0.15, -0.1) is 0 Å². The van der Waals surface area contributed by atoms with Gasteiger partial charge in [0.25, 0.3) is 5.91 Å². The maximum atomic E-state index is 14.2. The lowest BCUT2D eigenvalue weighted by molar-refractivity contribution is 0.0953. The van der Waals surface area contributed by atoms with Crippen molar-refractivity contribution in [2.24, 2.45) is 0 Å². The van der Waals surface area contributed by atoms with Crippen LogP contribution in [0.2, 0.25) is 0 Å². The first-order valence-electron chi connectivity index (χ1n) is 13.6. The standard InChI is InChI=1S/C27H29FN2O.C6H14O/c1-5-6-14-30-27(31)22-13-12-18(2)25(17-22)26(21-9-7-10-23(28)16-21)19(3)24-11-8-15-29-20(24)4;1-3-5-7-6-4-2/h7-13,15-17,29H,4-6,14H2,1-3H3,(H,30,31);3-6H2,1-2H3/b26-19+;. The molecule has 1 aliphatic heterocycles. The Kier molecular flexibility index (Phi) is 13.3. The predicted octanol–water partition coefficient (Wildman–Crippen LogP) is 7.87. The zero-order valence-corrected chi connectivity index (χ0v) is 23.6. The molecule has 0 aromatic heterocycles. The van der Waals surface area contributed by atoms with Crippen LogP contribution in [0.1, 0.15) is 80.4 Å². The number of nitrogens with one attached hydrogen (secondary N) is 2. The van der Waals surface area contributed by atoms with E-state index in [1.165, 1.54) is 12.1 Å². The first-order valence-corrected chi connectivity index (χ1v) is 13.6. The number of allylic oxidation sites excluding steroid dienone is 3. The van der Waals surface area contributed by atoms with Crippen LogP contribution >= 0.6 is 0 Å². The molecule has 0 saturated carbocycles. The van der Waals surface area contributed by atoms with Gasteiger partial charge < -0.3 is 15.4 Å². The fraction of sp³-hybridized carbons (Fsp3) is 0.364. The molecule has 1 aliphatic rings. The average molecular weight is 519 g/mol. The van der Waals surface area contributed by atoms with Gasteiger partial charge in [-0.2, -0.15) is 0 Å². The largest absolute Gasteiger partial charge is 0.381 e. The normalized spacial score (nSPS) is 13.1. The molecule has 0 unspecified atom stereocenters. The van der Waals surface area contributed by atoms with Gasteiger partial charge >= 0.3 is 0 Å². The maximum absolute atomic E-state index is 14.2. The van der Waals surface area contributed by atoms with Crippen molar-refractivity contribution in [3.05, 3.63) is 112 Å². The number of hydrogen-bond acceptors (Lipinski definition) is 3. The van der Waals surface area contributed by atoms with Gasteiger partial charge in [-0.3, -0.25) is 4.79 Å². The molecule has 4 nitrogen and oxygen atoms in total. The Hall–Kier alpha value is -3.44. The lowest BCUT2D eigenvalue weighted by atomic mass is 9.86. The second-order valence-electron chi connectivity index (χ2n) is 9.32. The van der Waals surface area contributed by atoms with Crippen LogP contribution < -0.4 is 10.6 Å². The molecular weight excluding hydrogens is 475 g/mol.